The Hall–Kier alpha value is -2.37. The summed E-state index contributed by atoms with van der Waals surface area (Å²) in [5.74, 6) is -0.732. The molecule has 0 saturated heterocycles. The second-order valence-electron chi connectivity index (χ2n) is 7.74. The summed E-state index contributed by atoms with van der Waals surface area (Å²) in [5, 5.41) is 0.518. The minimum atomic E-state index is -0.568. The maximum absolute atomic E-state index is 12.5. The molecule has 0 fully saturated rings. The highest BCUT2D eigenvalue weighted by atomic mass is 35.5. The van der Waals surface area contributed by atoms with E-state index in [9.17, 15) is 9.59 Å². The van der Waals surface area contributed by atoms with Gasteiger partial charge in [-0.1, -0.05) is 41.9 Å². The van der Waals surface area contributed by atoms with Crippen molar-refractivity contribution in [3.05, 3.63) is 70.2 Å². The van der Waals surface area contributed by atoms with Crippen LogP contribution in [0.25, 0.3) is 0 Å². The molecule has 0 unspecified atom stereocenters. The number of carbonyl (C=O) groups is 2. The number of nitrogens with zero attached hydrogens (tertiary/aromatic N) is 1. The Labute approximate surface area is 177 Å². The summed E-state index contributed by atoms with van der Waals surface area (Å²) >= 11 is 6.17. The molecule has 5 nitrogen and oxygen atoms in total. The first-order chi connectivity index (χ1) is 13.7. The summed E-state index contributed by atoms with van der Waals surface area (Å²) in [6, 6.07) is 14.9. The zero-order valence-corrected chi connectivity index (χ0v) is 18.2. The summed E-state index contributed by atoms with van der Waals surface area (Å²) in [6.45, 7) is 8.51. The smallest absolute Gasteiger partial charge is 0.338 e. The second kappa shape index (κ2) is 10.4. The third-order valence-electron chi connectivity index (χ3n) is 3.98. The van der Waals surface area contributed by atoms with E-state index in [0.29, 0.717) is 29.2 Å². The van der Waals surface area contributed by atoms with Crippen LogP contribution in [-0.2, 0) is 27.4 Å². The first-order valence-corrected chi connectivity index (χ1v) is 9.99. The SMILES string of the molecule is CCOC(=O)c1ccc(Cl)cc1CN(CC(=O)OC(C)(C)C)Cc1ccccc1. The third-order valence-corrected chi connectivity index (χ3v) is 4.21. The van der Waals surface area contributed by atoms with Crippen LogP contribution < -0.4 is 0 Å². The zero-order chi connectivity index (χ0) is 21.4. The number of hydrogen-bond acceptors (Lipinski definition) is 5. The Bertz CT molecular complexity index is 831. The van der Waals surface area contributed by atoms with Crippen molar-refractivity contribution in [3.8, 4) is 0 Å². The van der Waals surface area contributed by atoms with E-state index >= 15 is 0 Å². The van der Waals surface area contributed by atoms with Gasteiger partial charge in [0.25, 0.3) is 0 Å². The van der Waals surface area contributed by atoms with Gasteiger partial charge in [-0.05, 0) is 57.0 Å². The van der Waals surface area contributed by atoms with Gasteiger partial charge < -0.3 is 9.47 Å². The Kier molecular flexibility index (Phi) is 8.23. The molecule has 0 aliphatic carbocycles. The summed E-state index contributed by atoms with van der Waals surface area (Å²) in [5.41, 5.74) is 1.63. The van der Waals surface area contributed by atoms with E-state index < -0.39 is 11.6 Å². The quantitative estimate of drug-likeness (QED) is 0.574. The fraction of sp³-hybridized carbons (Fsp3) is 0.391. The number of hydrogen-bond donors (Lipinski definition) is 0. The number of esters is 2. The van der Waals surface area contributed by atoms with Gasteiger partial charge in [0.15, 0.2) is 0 Å². The Balaban J connectivity index is 2.28. The number of halogens is 1. The Morgan fingerprint density at radius 1 is 1.03 bits per heavy atom. The monoisotopic (exact) mass is 417 g/mol. The highest BCUT2D eigenvalue weighted by Gasteiger charge is 2.21. The molecule has 0 radical (unpaired) electrons. The predicted octanol–water partition coefficient (Wildman–Crippen LogP) is 4.86. The number of carbonyl (C=O) groups excluding carboxylic acids is 2. The molecule has 2 aromatic rings. The lowest BCUT2D eigenvalue weighted by atomic mass is 10.1. The van der Waals surface area contributed by atoms with Crippen LogP contribution in [0.5, 0.6) is 0 Å². The lowest BCUT2D eigenvalue weighted by Crippen LogP contribution is -2.34. The van der Waals surface area contributed by atoms with Crippen LogP contribution in [0.3, 0.4) is 0 Å². The molecular weight excluding hydrogens is 390 g/mol. The van der Waals surface area contributed by atoms with E-state index in [0.717, 1.165) is 5.56 Å². The van der Waals surface area contributed by atoms with Gasteiger partial charge in [-0.2, -0.15) is 0 Å². The predicted molar refractivity (Wildman–Crippen MR) is 114 cm³/mol. The molecular formula is C23H28ClNO4. The summed E-state index contributed by atoms with van der Waals surface area (Å²) in [6.07, 6.45) is 0. The molecule has 29 heavy (non-hydrogen) atoms. The van der Waals surface area contributed by atoms with E-state index in [1.807, 2.05) is 56.0 Å². The summed E-state index contributed by atoms with van der Waals surface area (Å²) in [7, 11) is 0. The molecule has 0 saturated carbocycles. The van der Waals surface area contributed by atoms with Crippen LogP contribution in [0.2, 0.25) is 5.02 Å². The molecule has 0 aliphatic rings. The van der Waals surface area contributed by atoms with Gasteiger partial charge in [0.2, 0.25) is 0 Å². The van der Waals surface area contributed by atoms with E-state index in [-0.39, 0.29) is 19.1 Å². The number of ether oxygens (including phenoxy) is 2. The van der Waals surface area contributed by atoms with Gasteiger partial charge in [-0.25, -0.2) is 4.79 Å². The van der Waals surface area contributed by atoms with Gasteiger partial charge in [-0.3, -0.25) is 9.69 Å². The normalized spacial score (nSPS) is 11.4. The van der Waals surface area contributed by atoms with Crippen molar-refractivity contribution in [2.45, 2.75) is 46.4 Å². The van der Waals surface area contributed by atoms with Gasteiger partial charge in [0, 0.05) is 18.1 Å². The molecule has 156 valence electrons. The van der Waals surface area contributed by atoms with Crippen LogP contribution in [0.4, 0.5) is 0 Å². The van der Waals surface area contributed by atoms with Crippen molar-refractivity contribution >= 4 is 23.5 Å². The number of rotatable bonds is 8. The van der Waals surface area contributed by atoms with Gasteiger partial charge in [-0.15, -0.1) is 0 Å². The Morgan fingerprint density at radius 3 is 2.34 bits per heavy atom. The van der Waals surface area contributed by atoms with Crippen LogP contribution in [0, 0.1) is 0 Å². The first-order valence-electron chi connectivity index (χ1n) is 9.61. The fourth-order valence-electron chi connectivity index (χ4n) is 2.91. The van der Waals surface area contributed by atoms with Gasteiger partial charge in [0.1, 0.15) is 5.60 Å². The maximum atomic E-state index is 12.5. The van der Waals surface area contributed by atoms with E-state index in [1.165, 1.54) is 0 Å². The maximum Gasteiger partial charge on any atom is 0.338 e. The topological polar surface area (TPSA) is 55.8 Å². The minimum absolute atomic E-state index is 0.0843. The molecule has 6 heteroatoms. The van der Waals surface area contributed by atoms with Gasteiger partial charge in [0.05, 0.1) is 18.7 Å². The van der Waals surface area contributed by atoms with Crippen molar-refractivity contribution < 1.29 is 19.1 Å². The van der Waals surface area contributed by atoms with E-state index in [2.05, 4.69) is 0 Å². The molecule has 0 atom stereocenters. The van der Waals surface area contributed by atoms with Crippen LogP contribution in [0.1, 0.15) is 49.2 Å². The highest BCUT2D eigenvalue weighted by Crippen LogP contribution is 2.20. The van der Waals surface area contributed by atoms with Crippen LogP contribution in [0.15, 0.2) is 48.5 Å². The van der Waals surface area contributed by atoms with Gasteiger partial charge >= 0.3 is 11.9 Å². The third kappa shape index (κ3) is 7.87. The molecule has 0 bridgehead atoms. The summed E-state index contributed by atoms with van der Waals surface area (Å²) < 4.78 is 10.6. The minimum Gasteiger partial charge on any atom is -0.462 e. The zero-order valence-electron chi connectivity index (χ0n) is 17.4. The van der Waals surface area contributed by atoms with E-state index in [4.69, 9.17) is 21.1 Å². The van der Waals surface area contributed by atoms with Crippen molar-refractivity contribution in [1.29, 1.82) is 0 Å². The van der Waals surface area contributed by atoms with Crippen molar-refractivity contribution in [2.24, 2.45) is 0 Å². The summed E-state index contributed by atoms with van der Waals surface area (Å²) in [4.78, 5) is 26.7. The molecule has 0 heterocycles. The average Bonchev–Trinajstić information content (AvgIpc) is 2.61. The van der Waals surface area contributed by atoms with Crippen LogP contribution in [-0.4, -0.2) is 35.6 Å². The molecule has 0 aromatic heterocycles. The van der Waals surface area contributed by atoms with Crippen molar-refractivity contribution in [2.75, 3.05) is 13.2 Å². The molecule has 0 spiro atoms. The molecule has 0 N–H and O–H groups in total. The number of benzene rings is 2. The van der Waals surface area contributed by atoms with Crippen molar-refractivity contribution in [1.82, 2.24) is 4.90 Å². The van der Waals surface area contributed by atoms with Crippen molar-refractivity contribution in [3.63, 3.8) is 0 Å². The molecule has 2 rings (SSSR count). The average molecular weight is 418 g/mol. The molecule has 2 aromatic carbocycles. The standard InChI is InChI=1S/C23H28ClNO4/c1-5-28-22(27)20-12-11-19(24)13-18(20)15-25(14-17-9-7-6-8-10-17)16-21(26)29-23(2,3)4/h6-13H,5,14-16H2,1-4H3. The lowest BCUT2D eigenvalue weighted by molar-refractivity contribution is -0.156. The lowest BCUT2D eigenvalue weighted by Gasteiger charge is -2.26. The largest absolute Gasteiger partial charge is 0.462 e. The van der Waals surface area contributed by atoms with E-state index in [1.54, 1.807) is 25.1 Å². The molecule has 0 amide bonds. The highest BCUT2D eigenvalue weighted by molar-refractivity contribution is 6.30. The fourth-order valence-corrected chi connectivity index (χ4v) is 3.10. The first kappa shape index (κ1) is 22.9. The Morgan fingerprint density at radius 2 is 1.72 bits per heavy atom. The second-order valence-corrected chi connectivity index (χ2v) is 8.18. The van der Waals surface area contributed by atoms with Crippen LogP contribution >= 0.6 is 11.6 Å². The molecule has 0 aliphatic heterocycles.